The Bertz CT molecular complexity index is 140. The van der Waals surface area contributed by atoms with Crippen LogP contribution in [0.25, 0.3) is 0 Å². The molecule has 1 N–H and O–H groups in total. The van der Waals surface area contributed by atoms with Crippen molar-refractivity contribution in [1.29, 1.82) is 5.26 Å². The first-order chi connectivity index (χ1) is 5.70. The fourth-order valence-electron chi connectivity index (χ4n) is 0.933. The molecule has 0 rings (SSSR count). The molecular weight excluding hydrogens is 168 g/mol. The van der Waals surface area contributed by atoms with Crippen LogP contribution in [0.4, 0.5) is 0 Å². The van der Waals surface area contributed by atoms with Crippen molar-refractivity contribution in [2.24, 2.45) is 0 Å². The molecule has 12 heavy (non-hydrogen) atoms. The normalized spacial score (nSPS) is 12.9. The number of hydrogen-bond acceptors (Lipinski definition) is 3. The topological polar surface area (TPSA) is 35.8 Å². The maximum absolute atomic E-state index is 8.75. The number of nitriles is 1. The Morgan fingerprint density at radius 2 is 2.17 bits per heavy atom. The van der Waals surface area contributed by atoms with Crippen LogP contribution >= 0.6 is 11.8 Å². The lowest BCUT2D eigenvalue weighted by Gasteiger charge is -2.13. The standard InChI is InChI=1S/C9H18N2S/c1-4-12-6-5-9(7-10)11-8(2)3/h8-9,11H,4-6H2,1-3H3. The largest absolute Gasteiger partial charge is 0.300 e. The van der Waals surface area contributed by atoms with Crippen LogP contribution in [0.5, 0.6) is 0 Å². The minimum atomic E-state index is 0.0315. The minimum Gasteiger partial charge on any atom is -0.300 e. The van der Waals surface area contributed by atoms with Crippen LogP contribution in [0.1, 0.15) is 27.2 Å². The maximum Gasteiger partial charge on any atom is 0.0962 e. The van der Waals surface area contributed by atoms with Crippen LogP contribution in [0.15, 0.2) is 0 Å². The van der Waals surface area contributed by atoms with E-state index in [9.17, 15) is 0 Å². The second-order valence-corrected chi connectivity index (χ2v) is 4.38. The van der Waals surface area contributed by atoms with Crippen LogP contribution in [0.3, 0.4) is 0 Å². The van der Waals surface area contributed by atoms with Crippen LogP contribution < -0.4 is 5.32 Å². The molecule has 3 heteroatoms. The summed E-state index contributed by atoms with van der Waals surface area (Å²) in [6.45, 7) is 6.27. The van der Waals surface area contributed by atoms with Crippen molar-refractivity contribution in [1.82, 2.24) is 5.32 Å². The third-order valence-electron chi connectivity index (χ3n) is 1.45. The van der Waals surface area contributed by atoms with E-state index in [0.717, 1.165) is 17.9 Å². The summed E-state index contributed by atoms with van der Waals surface area (Å²) in [6, 6.07) is 2.70. The average Bonchev–Trinajstić information content (AvgIpc) is 2.02. The molecule has 0 amide bonds. The molecule has 0 aromatic heterocycles. The second-order valence-electron chi connectivity index (χ2n) is 2.99. The van der Waals surface area contributed by atoms with E-state index < -0.39 is 0 Å². The van der Waals surface area contributed by atoms with Gasteiger partial charge < -0.3 is 0 Å². The van der Waals surface area contributed by atoms with Gasteiger partial charge in [-0.3, -0.25) is 5.32 Å². The zero-order valence-corrected chi connectivity index (χ0v) is 8.95. The van der Waals surface area contributed by atoms with Gasteiger partial charge in [-0.25, -0.2) is 0 Å². The number of hydrogen-bond donors (Lipinski definition) is 1. The monoisotopic (exact) mass is 186 g/mol. The van der Waals surface area contributed by atoms with Gasteiger partial charge in [0.2, 0.25) is 0 Å². The Balaban J connectivity index is 3.48. The first-order valence-corrected chi connectivity index (χ1v) is 5.59. The molecule has 2 nitrogen and oxygen atoms in total. The van der Waals surface area contributed by atoms with Crippen molar-refractivity contribution < 1.29 is 0 Å². The molecule has 0 saturated heterocycles. The molecular formula is C9H18N2S. The van der Waals surface area contributed by atoms with Gasteiger partial charge in [0.15, 0.2) is 0 Å². The third kappa shape index (κ3) is 6.51. The molecule has 0 bridgehead atoms. The van der Waals surface area contributed by atoms with Crippen molar-refractivity contribution in [3.05, 3.63) is 0 Å². The van der Waals surface area contributed by atoms with E-state index in [1.165, 1.54) is 0 Å². The summed E-state index contributed by atoms with van der Waals surface area (Å²) < 4.78 is 0. The van der Waals surface area contributed by atoms with Gasteiger partial charge in [-0.1, -0.05) is 6.92 Å². The SMILES string of the molecule is CCSCCC(C#N)NC(C)C. The molecule has 0 aliphatic heterocycles. The van der Waals surface area contributed by atoms with E-state index in [4.69, 9.17) is 5.26 Å². The third-order valence-corrected chi connectivity index (χ3v) is 2.38. The highest BCUT2D eigenvalue weighted by molar-refractivity contribution is 7.99. The fraction of sp³-hybridized carbons (Fsp3) is 0.889. The Labute approximate surface area is 79.7 Å². The molecule has 0 aliphatic carbocycles. The van der Waals surface area contributed by atoms with Gasteiger partial charge in [-0.05, 0) is 31.8 Å². The highest BCUT2D eigenvalue weighted by Gasteiger charge is 2.06. The van der Waals surface area contributed by atoms with Gasteiger partial charge in [-0.2, -0.15) is 17.0 Å². The summed E-state index contributed by atoms with van der Waals surface area (Å²) in [5.41, 5.74) is 0. The molecule has 0 heterocycles. The lowest BCUT2D eigenvalue weighted by Crippen LogP contribution is -2.33. The van der Waals surface area contributed by atoms with Crippen molar-refractivity contribution in [3.8, 4) is 6.07 Å². The second kappa shape index (κ2) is 7.45. The summed E-state index contributed by atoms with van der Waals surface area (Å²) in [7, 11) is 0. The molecule has 0 aliphatic rings. The maximum atomic E-state index is 8.75. The van der Waals surface area contributed by atoms with E-state index in [0.29, 0.717) is 6.04 Å². The van der Waals surface area contributed by atoms with Gasteiger partial charge in [0.25, 0.3) is 0 Å². The molecule has 0 aromatic rings. The Morgan fingerprint density at radius 3 is 2.58 bits per heavy atom. The number of rotatable bonds is 6. The Morgan fingerprint density at radius 1 is 1.50 bits per heavy atom. The number of nitrogens with one attached hydrogen (secondary N) is 1. The summed E-state index contributed by atoms with van der Waals surface area (Å²) >= 11 is 1.89. The predicted octanol–water partition coefficient (Wildman–Crippen LogP) is 2.02. The zero-order chi connectivity index (χ0) is 9.40. The fourth-order valence-corrected chi connectivity index (χ4v) is 1.62. The molecule has 0 fully saturated rings. The molecule has 0 saturated carbocycles. The first-order valence-electron chi connectivity index (χ1n) is 4.44. The lowest BCUT2D eigenvalue weighted by atomic mass is 10.2. The van der Waals surface area contributed by atoms with Crippen LogP contribution in [-0.2, 0) is 0 Å². The van der Waals surface area contributed by atoms with Gasteiger partial charge in [0, 0.05) is 6.04 Å². The van der Waals surface area contributed by atoms with Crippen LogP contribution in [0.2, 0.25) is 0 Å². The van der Waals surface area contributed by atoms with E-state index in [-0.39, 0.29) is 6.04 Å². The zero-order valence-electron chi connectivity index (χ0n) is 8.13. The Hall–Kier alpha value is -0.200. The summed E-state index contributed by atoms with van der Waals surface area (Å²) in [5.74, 6) is 2.22. The Kier molecular flexibility index (Phi) is 7.33. The number of thioether (sulfide) groups is 1. The van der Waals surface area contributed by atoms with Crippen LogP contribution in [0, 0.1) is 11.3 Å². The van der Waals surface area contributed by atoms with E-state index >= 15 is 0 Å². The van der Waals surface area contributed by atoms with Crippen molar-refractivity contribution in [2.45, 2.75) is 39.3 Å². The van der Waals surface area contributed by atoms with Gasteiger partial charge in [0.05, 0.1) is 12.1 Å². The summed E-state index contributed by atoms with van der Waals surface area (Å²) in [4.78, 5) is 0. The molecule has 0 aromatic carbocycles. The number of nitrogens with zero attached hydrogens (tertiary/aromatic N) is 1. The highest BCUT2D eigenvalue weighted by Crippen LogP contribution is 2.04. The van der Waals surface area contributed by atoms with Crippen LogP contribution in [-0.4, -0.2) is 23.6 Å². The van der Waals surface area contributed by atoms with E-state index in [1.807, 2.05) is 11.8 Å². The van der Waals surface area contributed by atoms with E-state index in [2.05, 4.69) is 32.2 Å². The van der Waals surface area contributed by atoms with Gasteiger partial charge in [-0.15, -0.1) is 0 Å². The smallest absolute Gasteiger partial charge is 0.0962 e. The van der Waals surface area contributed by atoms with Gasteiger partial charge in [0.1, 0.15) is 0 Å². The molecule has 0 radical (unpaired) electrons. The van der Waals surface area contributed by atoms with Gasteiger partial charge >= 0.3 is 0 Å². The lowest BCUT2D eigenvalue weighted by molar-refractivity contribution is 0.522. The molecule has 1 unspecified atom stereocenters. The van der Waals surface area contributed by atoms with E-state index in [1.54, 1.807) is 0 Å². The quantitative estimate of drug-likeness (QED) is 0.645. The first kappa shape index (κ1) is 11.8. The minimum absolute atomic E-state index is 0.0315. The summed E-state index contributed by atoms with van der Waals surface area (Å²) in [6.07, 6.45) is 0.952. The molecule has 0 spiro atoms. The highest BCUT2D eigenvalue weighted by atomic mass is 32.2. The van der Waals surface area contributed by atoms with Crippen molar-refractivity contribution >= 4 is 11.8 Å². The van der Waals surface area contributed by atoms with Crippen molar-refractivity contribution in [3.63, 3.8) is 0 Å². The van der Waals surface area contributed by atoms with Crippen molar-refractivity contribution in [2.75, 3.05) is 11.5 Å². The molecule has 1 atom stereocenters. The average molecular weight is 186 g/mol. The molecule has 70 valence electrons. The predicted molar refractivity (Wildman–Crippen MR) is 55.3 cm³/mol. The summed E-state index contributed by atoms with van der Waals surface area (Å²) in [5, 5.41) is 12.0.